The van der Waals surface area contributed by atoms with Gasteiger partial charge in [-0.2, -0.15) is 0 Å². The highest BCUT2D eigenvalue weighted by Gasteiger charge is 2.46. The Bertz CT molecular complexity index is 337. The van der Waals surface area contributed by atoms with Crippen LogP contribution in [0.5, 0.6) is 0 Å². The molecule has 2 rings (SSSR count). The number of amides is 1. The molecule has 0 bridgehead atoms. The van der Waals surface area contributed by atoms with Gasteiger partial charge in [0.25, 0.3) is 0 Å². The Hall–Kier alpha value is -0.550. The summed E-state index contributed by atoms with van der Waals surface area (Å²) in [7, 11) is 0. The SMILES string of the molecule is CC(O)C1(C)SC(=N[C@@H]2[CH]CC[CH]C2)NC1=O. The van der Waals surface area contributed by atoms with Gasteiger partial charge in [-0.25, -0.2) is 0 Å². The lowest BCUT2D eigenvalue weighted by Gasteiger charge is -2.21. The molecular formula is C12H18N2O2S. The molecule has 1 saturated heterocycles. The van der Waals surface area contributed by atoms with Crippen molar-refractivity contribution in [3.63, 3.8) is 0 Å². The van der Waals surface area contributed by atoms with E-state index in [0.717, 1.165) is 19.3 Å². The molecule has 1 amide bonds. The molecule has 2 radical (unpaired) electrons. The van der Waals surface area contributed by atoms with E-state index >= 15 is 0 Å². The lowest BCUT2D eigenvalue weighted by Crippen LogP contribution is -2.42. The summed E-state index contributed by atoms with van der Waals surface area (Å²) >= 11 is 1.33. The van der Waals surface area contributed by atoms with E-state index in [2.05, 4.69) is 23.2 Å². The fraction of sp³-hybridized carbons (Fsp3) is 0.667. The molecule has 2 N–H and O–H groups in total. The van der Waals surface area contributed by atoms with Gasteiger partial charge >= 0.3 is 0 Å². The van der Waals surface area contributed by atoms with Gasteiger partial charge in [-0.3, -0.25) is 9.79 Å². The van der Waals surface area contributed by atoms with Crippen LogP contribution in [-0.4, -0.2) is 33.1 Å². The third-order valence-electron chi connectivity index (χ3n) is 3.28. The number of amidine groups is 1. The largest absolute Gasteiger partial charge is 0.391 e. The van der Waals surface area contributed by atoms with Gasteiger partial charge < -0.3 is 10.4 Å². The first-order chi connectivity index (χ1) is 8.02. The van der Waals surface area contributed by atoms with Crippen molar-refractivity contribution in [2.45, 2.75) is 50.0 Å². The average molecular weight is 254 g/mol. The van der Waals surface area contributed by atoms with Crippen LogP contribution in [0, 0.1) is 12.8 Å². The number of carbonyl (C=O) groups excluding carboxylic acids is 1. The number of nitrogens with one attached hydrogen (secondary N) is 1. The minimum absolute atomic E-state index is 0.156. The fourth-order valence-electron chi connectivity index (χ4n) is 1.87. The highest BCUT2D eigenvalue weighted by molar-refractivity contribution is 8.16. The second-order valence-corrected chi connectivity index (χ2v) is 6.12. The van der Waals surface area contributed by atoms with Crippen molar-refractivity contribution >= 4 is 22.8 Å². The van der Waals surface area contributed by atoms with Crippen LogP contribution in [0.4, 0.5) is 0 Å². The molecular weight excluding hydrogens is 236 g/mol. The van der Waals surface area contributed by atoms with E-state index < -0.39 is 10.9 Å². The smallest absolute Gasteiger partial charge is 0.245 e. The Morgan fingerprint density at radius 2 is 2.41 bits per heavy atom. The highest BCUT2D eigenvalue weighted by atomic mass is 32.2. The van der Waals surface area contributed by atoms with E-state index in [1.807, 2.05) is 0 Å². The summed E-state index contributed by atoms with van der Waals surface area (Å²) in [6.07, 6.45) is 6.81. The molecule has 94 valence electrons. The Morgan fingerprint density at radius 3 is 2.94 bits per heavy atom. The van der Waals surface area contributed by atoms with Crippen LogP contribution in [0.1, 0.15) is 33.1 Å². The minimum atomic E-state index is -0.808. The maximum atomic E-state index is 11.8. The molecule has 0 aromatic heterocycles. The molecule has 1 saturated carbocycles. The van der Waals surface area contributed by atoms with E-state index in [1.165, 1.54) is 11.8 Å². The lowest BCUT2D eigenvalue weighted by atomic mass is 9.96. The van der Waals surface area contributed by atoms with Gasteiger partial charge in [-0.05, 0) is 46.0 Å². The summed E-state index contributed by atoms with van der Waals surface area (Å²) < 4.78 is -0.808. The van der Waals surface area contributed by atoms with Crippen LogP contribution in [0.15, 0.2) is 4.99 Å². The van der Waals surface area contributed by atoms with Gasteiger partial charge in [0.15, 0.2) is 5.17 Å². The van der Waals surface area contributed by atoms with E-state index in [0.29, 0.717) is 5.17 Å². The molecule has 5 heteroatoms. The second-order valence-electron chi connectivity index (χ2n) is 4.68. The number of thioether (sulfide) groups is 1. The van der Waals surface area contributed by atoms with Crippen LogP contribution < -0.4 is 5.32 Å². The lowest BCUT2D eigenvalue weighted by molar-refractivity contribution is -0.123. The summed E-state index contributed by atoms with van der Waals surface area (Å²) in [6.45, 7) is 3.38. The number of aliphatic imine (C=N–C) groups is 1. The van der Waals surface area contributed by atoms with E-state index in [1.54, 1.807) is 13.8 Å². The summed E-state index contributed by atoms with van der Waals surface area (Å²) in [6, 6.07) is 0.169. The topological polar surface area (TPSA) is 61.7 Å². The van der Waals surface area contributed by atoms with Crippen LogP contribution in [0.25, 0.3) is 0 Å². The molecule has 3 atom stereocenters. The first kappa shape index (κ1) is 12.9. The highest BCUT2D eigenvalue weighted by Crippen LogP contribution is 2.35. The third kappa shape index (κ3) is 2.65. The number of hydrogen-bond acceptors (Lipinski definition) is 4. The zero-order valence-corrected chi connectivity index (χ0v) is 11.0. The quantitative estimate of drug-likeness (QED) is 0.781. The summed E-state index contributed by atoms with van der Waals surface area (Å²) in [4.78, 5) is 16.3. The van der Waals surface area contributed by atoms with Crippen molar-refractivity contribution in [1.82, 2.24) is 5.32 Å². The molecule has 17 heavy (non-hydrogen) atoms. The van der Waals surface area contributed by atoms with Crippen LogP contribution in [-0.2, 0) is 4.79 Å². The molecule has 0 aromatic rings. The standard InChI is InChI=1S/C12H18N2O2S/c1-8(15)12(2)10(16)14-11(17-12)13-9-6-4-3-5-7-9/h4,7-9,15H,3,5-6H2,1-2H3,(H,13,14,16)/t8?,9-,12?/m0/s1. The van der Waals surface area contributed by atoms with Crippen LogP contribution >= 0.6 is 11.8 Å². The van der Waals surface area contributed by atoms with E-state index in [-0.39, 0.29) is 11.9 Å². The Kier molecular flexibility index (Phi) is 3.78. The van der Waals surface area contributed by atoms with Crippen LogP contribution in [0.2, 0.25) is 0 Å². The minimum Gasteiger partial charge on any atom is -0.391 e. The zero-order chi connectivity index (χ0) is 12.5. The molecule has 1 aliphatic carbocycles. The van der Waals surface area contributed by atoms with E-state index in [4.69, 9.17) is 0 Å². The number of carbonyl (C=O) groups is 1. The molecule has 0 spiro atoms. The number of aliphatic hydroxyl groups is 1. The van der Waals surface area contributed by atoms with Gasteiger partial charge in [-0.1, -0.05) is 11.8 Å². The Labute approximate surface area is 106 Å². The summed E-state index contributed by atoms with van der Waals surface area (Å²) in [5.74, 6) is -0.156. The average Bonchev–Trinajstić information content (AvgIpc) is 2.57. The van der Waals surface area contributed by atoms with Crippen LogP contribution in [0.3, 0.4) is 0 Å². The zero-order valence-electron chi connectivity index (χ0n) is 10.1. The van der Waals surface area contributed by atoms with Gasteiger partial charge in [0.1, 0.15) is 4.75 Å². The monoisotopic (exact) mass is 254 g/mol. The predicted octanol–water partition coefficient (Wildman–Crippen LogP) is 1.31. The van der Waals surface area contributed by atoms with E-state index in [9.17, 15) is 9.90 Å². The molecule has 2 fully saturated rings. The number of nitrogens with zero attached hydrogens (tertiary/aromatic N) is 1. The van der Waals surface area contributed by atoms with Crippen molar-refractivity contribution < 1.29 is 9.90 Å². The van der Waals surface area contributed by atoms with Crippen molar-refractivity contribution in [1.29, 1.82) is 0 Å². The van der Waals surface area contributed by atoms with Crippen molar-refractivity contribution in [3.05, 3.63) is 12.8 Å². The van der Waals surface area contributed by atoms with Gasteiger partial charge in [0.2, 0.25) is 5.91 Å². The van der Waals surface area contributed by atoms with Crippen molar-refractivity contribution in [2.75, 3.05) is 0 Å². The fourth-order valence-corrected chi connectivity index (χ4v) is 2.92. The predicted molar refractivity (Wildman–Crippen MR) is 69.5 cm³/mol. The maximum absolute atomic E-state index is 11.8. The molecule has 2 aliphatic rings. The Balaban J connectivity index is 2.05. The number of hydrogen-bond donors (Lipinski definition) is 2. The number of aliphatic hydroxyl groups excluding tert-OH is 1. The molecule has 1 heterocycles. The molecule has 0 aromatic carbocycles. The van der Waals surface area contributed by atoms with Crippen molar-refractivity contribution in [3.8, 4) is 0 Å². The summed E-state index contributed by atoms with van der Waals surface area (Å²) in [5, 5.41) is 13.0. The molecule has 4 nitrogen and oxygen atoms in total. The first-order valence-corrected chi connectivity index (χ1v) is 6.75. The van der Waals surface area contributed by atoms with Gasteiger partial charge in [0, 0.05) is 0 Å². The normalized spacial score (nSPS) is 35.0. The maximum Gasteiger partial charge on any atom is 0.245 e. The van der Waals surface area contributed by atoms with Crippen molar-refractivity contribution in [2.24, 2.45) is 4.99 Å². The van der Waals surface area contributed by atoms with Gasteiger partial charge in [-0.15, -0.1) is 0 Å². The Morgan fingerprint density at radius 1 is 1.65 bits per heavy atom. The van der Waals surface area contributed by atoms with Gasteiger partial charge in [0.05, 0.1) is 12.1 Å². The third-order valence-corrected chi connectivity index (χ3v) is 4.63. The molecule has 2 unspecified atom stereocenters. The molecule has 1 aliphatic heterocycles. The summed E-state index contributed by atoms with van der Waals surface area (Å²) in [5.41, 5.74) is 0. The second kappa shape index (κ2) is 4.98. The number of rotatable bonds is 2. The first-order valence-electron chi connectivity index (χ1n) is 5.93.